The van der Waals surface area contributed by atoms with Crippen molar-refractivity contribution in [2.45, 2.75) is 13.8 Å². The molecule has 0 bridgehead atoms. The van der Waals surface area contributed by atoms with Crippen LogP contribution in [0.5, 0.6) is 0 Å². The highest BCUT2D eigenvalue weighted by Gasteiger charge is 2.06. The molecule has 0 spiro atoms. The van der Waals surface area contributed by atoms with E-state index in [0.29, 0.717) is 5.15 Å². The third-order valence-corrected chi connectivity index (χ3v) is 2.60. The molecule has 92 valence electrons. The number of amides is 1. The molecule has 1 N–H and O–H groups in total. The zero-order chi connectivity index (χ0) is 13.1. The summed E-state index contributed by atoms with van der Waals surface area (Å²) in [6.45, 7) is 3.39. The second-order valence-electron chi connectivity index (χ2n) is 3.96. The molecule has 0 aliphatic carbocycles. The van der Waals surface area contributed by atoms with E-state index in [1.807, 2.05) is 31.2 Å². The van der Waals surface area contributed by atoms with Crippen LogP contribution in [0.4, 0.5) is 5.69 Å². The molecule has 1 aromatic carbocycles. The lowest BCUT2D eigenvalue weighted by Crippen LogP contribution is -2.05. The second-order valence-corrected chi connectivity index (χ2v) is 4.35. The predicted molar refractivity (Wildman–Crippen MR) is 71.5 cm³/mol. The first-order valence-electron chi connectivity index (χ1n) is 5.44. The lowest BCUT2D eigenvalue weighted by atomic mass is 10.1. The van der Waals surface area contributed by atoms with Crippen molar-refractivity contribution < 1.29 is 4.79 Å². The number of halogens is 1. The lowest BCUT2D eigenvalue weighted by molar-refractivity contribution is -0.114. The van der Waals surface area contributed by atoms with Crippen LogP contribution >= 0.6 is 11.6 Å². The second kappa shape index (κ2) is 5.14. The molecule has 2 rings (SSSR count). The third-order valence-electron chi connectivity index (χ3n) is 2.41. The quantitative estimate of drug-likeness (QED) is 0.904. The van der Waals surface area contributed by atoms with Crippen LogP contribution < -0.4 is 5.32 Å². The topological polar surface area (TPSA) is 54.9 Å². The molecule has 4 nitrogen and oxygen atoms in total. The normalized spacial score (nSPS) is 10.2. The zero-order valence-electron chi connectivity index (χ0n) is 10.1. The fourth-order valence-electron chi connectivity index (χ4n) is 1.69. The van der Waals surface area contributed by atoms with Crippen molar-refractivity contribution in [2.24, 2.45) is 0 Å². The molecular weight excluding hydrogens is 250 g/mol. The molecule has 1 amide bonds. The lowest BCUT2D eigenvalue weighted by Gasteiger charge is -2.07. The molecule has 0 aliphatic rings. The van der Waals surface area contributed by atoms with Gasteiger partial charge in [0, 0.05) is 18.2 Å². The van der Waals surface area contributed by atoms with Crippen LogP contribution in [0.2, 0.25) is 5.15 Å². The molecule has 0 aliphatic heterocycles. The fourth-order valence-corrected chi connectivity index (χ4v) is 1.89. The maximum atomic E-state index is 11.0. The average Bonchev–Trinajstić information content (AvgIpc) is 2.28. The van der Waals surface area contributed by atoms with Crippen molar-refractivity contribution in [3.8, 4) is 11.3 Å². The molecule has 18 heavy (non-hydrogen) atoms. The van der Waals surface area contributed by atoms with Gasteiger partial charge in [-0.25, -0.2) is 0 Å². The van der Waals surface area contributed by atoms with E-state index < -0.39 is 0 Å². The van der Waals surface area contributed by atoms with Crippen LogP contribution in [-0.2, 0) is 4.79 Å². The Labute approximate surface area is 110 Å². The van der Waals surface area contributed by atoms with Gasteiger partial charge >= 0.3 is 0 Å². The first-order chi connectivity index (χ1) is 8.56. The van der Waals surface area contributed by atoms with E-state index in [1.54, 1.807) is 6.07 Å². The van der Waals surface area contributed by atoms with Gasteiger partial charge in [-0.05, 0) is 30.7 Å². The minimum atomic E-state index is -0.105. The molecule has 5 heteroatoms. The number of nitrogens with zero attached hydrogens (tertiary/aromatic N) is 2. The van der Waals surface area contributed by atoms with Crippen molar-refractivity contribution in [1.82, 2.24) is 10.2 Å². The van der Waals surface area contributed by atoms with Crippen LogP contribution in [0.1, 0.15) is 12.5 Å². The number of benzene rings is 1. The van der Waals surface area contributed by atoms with Crippen LogP contribution in [0.15, 0.2) is 30.3 Å². The summed E-state index contributed by atoms with van der Waals surface area (Å²) < 4.78 is 0. The number of hydrogen-bond donors (Lipinski definition) is 1. The van der Waals surface area contributed by atoms with Gasteiger partial charge in [-0.3, -0.25) is 4.79 Å². The molecular formula is C13H12ClN3O. The predicted octanol–water partition coefficient (Wildman–Crippen LogP) is 3.06. The number of carbonyl (C=O) groups excluding carboxylic acids is 1. The summed E-state index contributed by atoms with van der Waals surface area (Å²) in [7, 11) is 0. The molecule has 1 aromatic heterocycles. The molecule has 0 saturated carbocycles. The van der Waals surface area contributed by atoms with Gasteiger partial charge < -0.3 is 5.32 Å². The SMILES string of the molecule is CC(=O)Nc1cccc(-c2nnc(Cl)cc2C)c1. The first-order valence-corrected chi connectivity index (χ1v) is 5.82. The van der Waals surface area contributed by atoms with Crippen LogP contribution in [-0.4, -0.2) is 16.1 Å². The number of rotatable bonds is 2. The summed E-state index contributed by atoms with van der Waals surface area (Å²) in [5.41, 5.74) is 3.32. The molecule has 0 unspecified atom stereocenters. The Morgan fingerprint density at radius 1 is 1.28 bits per heavy atom. The molecule has 2 aromatic rings. The minimum absolute atomic E-state index is 0.105. The van der Waals surface area contributed by atoms with Crippen LogP contribution in [0.3, 0.4) is 0 Å². The van der Waals surface area contributed by atoms with Crippen LogP contribution in [0.25, 0.3) is 11.3 Å². The highest BCUT2D eigenvalue weighted by molar-refractivity contribution is 6.29. The van der Waals surface area contributed by atoms with E-state index in [1.165, 1.54) is 6.92 Å². The van der Waals surface area contributed by atoms with Crippen molar-refractivity contribution in [3.63, 3.8) is 0 Å². The highest BCUT2D eigenvalue weighted by Crippen LogP contribution is 2.24. The molecule has 0 saturated heterocycles. The van der Waals surface area contributed by atoms with Crippen molar-refractivity contribution >= 4 is 23.2 Å². The Hall–Kier alpha value is -1.94. The third kappa shape index (κ3) is 2.84. The summed E-state index contributed by atoms with van der Waals surface area (Å²) in [5, 5.41) is 11.0. The Bertz CT molecular complexity index is 599. The Morgan fingerprint density at radius 3 is 2.72 bits per heavy atom. The van der Waals surface area contributed by atoms with Gasteiger partial charge in [0.15, 0.2) is 5.15 Å². The summed E-state index contributed by atoms with van der Waals surface area (Å²) >= 11 is 5.77. The maximum absolute atomic E-state index is 11.0. The summed E-state index contributed by atoms with van der Waals surface area (Å²) in [6.07, 6.45) is 0. The first kappa shape index (κ1) is 12.5. The van der Waals surface area contributed by atoms with Crippen LogP contribution in [0, 0.1) is 6.92 Å². The summed E-state index contributed by atoms with van der Waals surface area (Å²) in [4.78, 5) is 11.0. The van der Waals surface area contributed by atoms with Gasteiger partial charge in [0.25, 0.3) is 0 Å². The standard InChI is InChI=1S/C13H12ClN3O/c1-8-6-12(14)16-17-13(8)10-4-3-5-11(7-10)15-9(2)18/h3-7H,1-2H3,(H,15,18). The molecule has 1 heterocycles. The van der Waals surface area contributed by atoms with E-state index in [4.69, 9.17) is 11.6 Å². The smallest absolute Gasteiger partial charge is 0.221 e. The maximum Gasteiger partial charge on any atom is 0.221 e. The van der Waals surface area contributed by atoms with E-state index in [-0.39, 0.29) is 5.91 Å². The highest BCUT2D eigenvalue weighted by atomic mass is 35.5. The monoisotopic (exact) mass is 261 g/mol. The number of anilines is 1. The number of aryl methyl sites for hydroxylation is 1. The van der Waals surface area contributed by atoms with Crippen molar-refractivity contribution in [1.29, 1.82) is 0 Å². The molecule has 0 atom stereocenters. The van der Waals surface area contributed by atoms with E-state index in [9.17, 15) is 4.79 Å². The van der Waals surface area contributed by atoms with Gasteiger partial charge in [-0.15, -0.1) is 10.2 Å². The van der Waals surface area contributed by atoms with E-state index >= 15 is 0 Å². The number of hydrogen-bond acceptors (Lipinski definition) is 3. The number of nitrogens with one attached hydrogen (secondary N) is 1. The molecule has 0 fully saturated rings. The number of aromatic nitrogens is 2. The summed E-state index contributed by atoms with van der Waals surface area (Å²) in [5.74, 6) is -0.105. The summed E-state index contributed by atoms with van der Waals surface area (Å²) in [6, 6.07) is 9.21. The zero-order valence-corrected chi connectivity index (χ0v) is 10.8. The number of carbonyl (C=O) groups is 1. The van der Waals surface area contributed by atoms with Gasteiger partial charge in [-0.1, -0.05) is 23.7 Å². The van der Waals surface area contributed by atoms with E-state index in [2.05, 4.69) is 15.5 Å². The largest absolute Gasteiger partial charge is 0.326 e. The van der Waals surface area contributed by atoms with Crippen molar-refractivity contribution in [2.75, 3.05) is 5.32 Å². The van der Waals surface area contributed by atoms with Gasteiger partial charge in [0.1, 0.15) is 0 Å². The molecule has 0 radical (unpaired) electrons. The minimum Gasteiger partial charge on any atom is -0.326 e. The van der Waals surface area contributed by atoms with Gasteiger partial charge in [0.2, 0.25) is 5.91 Å². The Kier molecular flexibility index (Phi) is 3.58. The Balaban J connectivity index is 2.41. The fraction of sp³-hybridized carbons (Fsp3) is 0.154. The van der Waals surface area contributed by atoms with Gasteiger partial charge in [0.05, 0.1) is 5.69 Å². The van der Waals surface area contributed by atoms with E-state index in [0.717, 1.165) is 22.5 Å². The van der Waals surface area contributed by atoms with Crippen molar-refractivity contribution in [3.05, 3.63) is 41.0 Å². The van der Waals surface area contributed by atoms with Gasteiger partial charge in [-0.2, -0.15) is 0 Å². The average molecular weight is 262 g/mol. The Morgan fingerprint density at radius 2 is 2.06 bits per heavy atom.